The number of rotatable bonds is 5. The topological polar surface area (TPSA) is 25.2 Å². The first-order valence-electron chi connectivity index (χ1n) is 6.43. The van der Waals surface area contributed by atoms with Gasteiger partial charge >= 0.3 is 0 Å². The highest BCUT2D eigenvalue weighted by Crippen LogP contribution is 2.21. The molecule has 0 aliphatic heterocycles. The first-order valence-corrected chi connectivity index (χ1v) is 6.43. The molecule has 2 heteroatoms. The monoisotopic (exact) mass is 231 g/mol. The Hall–Kier alpha value is -1.28. The lowest BCUT2D eigenvalue weighted by molar-refractivity contribution is 0.488. The molecular formula is C15H21NO. The number of hydrogen-bond acceptors (Lipinski definition) is 2. The van der Waals surface area contributed by atoms with Gasteiger partial charge in [-0.05, 0) is 30.2 Å². The minimum Gasteiger partial charge on any atom is -0.460 e. The maximum absolute atomic E-state index is 5.79. The van der Waals surface area contributed by atoms with E-state index in [4.69, 9.17) is 4.42 Å². The quantitative estimate of drug-likeness (QED) is 0.844. The second-order valence-electron chi connectivity index (χ2n) is 4.87. The number of hydrogen-bond donors (Lipinski definition) is 1. The van der Waals surface area contributed by atoms with Crippen LogP contribution in [0.2, 0.25) is 0 Å². The largest absolute Gasteiger partial charge is 0.460 e. The number of furan rings is 1. The SMILES string of the molecule is CCCc1ccc2oc(CNC(C)C)cc2c1. The summed E-state index contributed by atoms with van der Waals surface area (Å²) in [4.78, 5) is 0. The Morgan fingerprint density at radius 2 is 2.06 bits per heavy atom. The summed E-state index contributed by atoms with van der Waals surface area (Å²) < 4.78 is 5.79. The van der Waals surface area contributed by atoms with Gasteiger partial charge in [0.05, 0.1) is 6.54 Å². The third kappa shape index (κ3) is 3.10. The van der Waals surface area contributed by atoms with Gasteiger partial charge in [-0.2, -0.15) is 0 Å². The lowest BCUT2D eigenvalue weighted by atomic mass is 10.1. The summed E-state index contributed by atoms with van der Waals surface area (Å²) in [6.07, 6.45) is 2.33. The van der Waals surface area contributed by atoms with Crippen LogP contribution in [0, 0.1) is 0 Å². The molecule has 1 aromatic carbocycles. The predicted molar refractivity (Wildman–Crippen MR) is 72.2 cm³/mol. The molecule has 1 N–H and O–H groups in total. The lowest BCUT2D eigenvalue weighted by Gasteiger charge is -2.04. The van der Waals surface area contributed by atoms with Crippen LogP contribution in [-0.2, 0) is 13.0 Å². The van der Waals surface area contributed by atoms with Crippen molar-refractivity contribution >= 4 is 11.0 Å². The second-order valence-corrected chi connectivity index (χ2v) is 4.87. The molecule has 0 aliphatic carbocycles. The van der Waals surface area contributed by atoms with E-state index in [0.717, 1.165) is 24.3 Å². The summed E-state index contributed by atoms with van der Waals surface area (Å²) in [5, 5.41) is 4.59. The minimum absolute atomic E-state index is 0.485. The Labute approximate surface area is 103 Å². The van der Waals surface area contributed by atoms with Crippen molar-refractivity contribution in [1.29, 1.82) is 0 Å². The smallest absolute Gasteiger partial charge is 0.134 e. The van der Waals surface area contributed by atoms with Crippen molar-refractivity contribution in [2.75, 3.05) is 0 Å². The van der Waals surface area contributed by atoms with Gasteiger partial charge in [-0.3, -0.25) is 0 Å². The van der Waals surface area contributed by atoms with Crippen LogP contribution in [-0.4, -0.2) is 6.04 Å². The highest BCUT2D eigenvalue weighted by Gasteiger charge is 2.04. The summed E-state index contributed by atoms with van der Waals surface area (Å²) >= 11 is 0. The molecule has 0 saturated carbocycles. The van der Waals surface area contributed by atoms with Crippen molar-refractivity contribution < 1.29 is 4.42 Å². The molecule has 1 heterocycles. The summed E-state index contributed by atoms with van der Waals surface area (Å²) in [5.74, 6) is 1.02. The van der Waals surface area contributed by atoms with E-state index < -0.39 is 0 Å². The molecule has 0 atom stereocenters. The molecule has 1 aromatic heterocycles. The van der Waals surface area contributed by atoms with Crippen LogP contribution in [0.1, 0.15) is 38.5 Å². The Morgan fingerprint density at radius 3 is 2.76 bits per heavy atom. The van der Waals surface area contributed by atoms with Crippen LogP contribution in [0.25, 0.3) is 11.0 Å². The zero-order valence-electron chi connectivity index (χ0n) is 10.9. The average Bonchev–Trinajstić information content (AvgIpc) is 2.69. The molecule has 2 aromatic rings. The van der Waals surface area contributed by atoms with Gasteiger partial charge in [-0.25, -0.2) is 0 Å². The first-order chi connectivity index (χ1) is 8.19. The van der Waals surface area contributed by atoms with Crippen molar-refractivity contribution in [3.63, 3.8) is 0 Å². The van der Waals surface area contributed by atoms with Crippen molar-refractivity contribution in [2.45, 2.75) is 46.2 Å². The fraction of sp³-hybridized carbons (Fsp3) is 0.467. The molecule has 0 unspecified atom stereocenters. The van der Waals surface area contributed by atoms with Crippen molar-refractivity contribution in [1.82, 2.24) is 5.32 Å². The van der Waals surface area contributed by atoms with E-state index in [2.05, 4.69) is 50.4 Å². The summed E-state index contributed by atoms with van der Waals surface area (Å²) in [6, 6.07) is 9.11. The zero-order valence-corrected chi connectivity index (χ0v) is 10.9. The molecule has 0 bridgehead atoms. The molecule has 92 valence electrons. The fourth-order valence-corrected chi connectivity index (χ4v) is 1.98. The van der Waals surface area contributed by atoms with E-state index in [0.29, 0.717) is 6.04 Å². The van der Waals surface area contributed by atoms with Crippen LogP contribution in [0.3, 0.4) is 0 Å². The molecule has 0 spiro atoms. The van der Waals surface area contributed by atoms with Crippen molar-refractivity contribution in [3.05, 3.63) is 35.6 Å². The van der Waals surface area contributed by atoms with E-state index in [9.17, 15) is 0 Å². The number of nitrogens with one attached hydrogen (secondary N) is 1. The normalized spacial score (nSPS) is 11.5. The number of benzene rings is 1. The Morgan fingerprint density at radius 1 is 1.24 bits per heavy atom. The van der Waals surface area contributed by atoms with E-state index in [1.165, 1.54) is 17.4 Å². The predicted octanol–water partition coefficient (Wildman–Crippen LogP) is 3.88. The molecule has 2 nitrogen and oxygen atoms in total. The molecule has 0 radical (unpaired) electrons. The highest BCUT2D eigenvalue weighted by molar-refractivity contribution is 5.78. The van der Waals surface area contributed by atoms with Crippen LogP contribution in [0.5, 0.6) is 0 Å². The lowest BCUT2D eigenvalue weighted by Crippen LogP contribution is -2.21. The van der Waals surface area contributed by atoms with Gasteiger partial charge in [-0.1, -0.05) is 33.3 Å². The summed E-state index contributed by atoms with van der Waals surface area (Å²) in [6.45, 7) is 7.29. The van der Waals surface area contributed by atoms with Gasteiger partial charge in [0.1, 0.15) is 11.3 Å². The fourth-order valence-electron chi connectivity index (χ4n) is 1.98. The van der Waals surface area contributed by atoms with Crippen LogP contribution < -0.4 is 5.32 Å². The van der Waals surface area contributed by atoms with Crippen LogP contribution >= 0.6 is 0 Å². The number of aryl methyl sites for hydroxylation is 1. The van der Waals surface area contributed by atoms with Crippen molar-refractivity contribution in [2.24, 2.45) is 0 Å². The molecule has 2 rings (SSSR count). The minimum atomic E-state index is 0.485. The molecule has 17 heavy (non-hydrogen) atoms. The van der Waals surface area contributed by atoms with E-state index >= 15 is 0 Å². The Bertz CT molecular complexity index is 485. The molecule has 0 saturated heterocycles. The molecule has 0 aliphatic rings. The Kier molecular flexibility index (Phi) is 3.85. The third-order valence-corrected chi connectivity index (χ3v) is 2.85. The van der Waals surface area contributed by atoms with E-state index in [-0.39, 0.29) is 0 Å². The van der Waals surface area contributed by atoms with Gasteiger partial charge < -0.3 is 9.73 Å². The number of fused-ring (bicyclic) bond motifs is 1. The highest BCUT2D eigenvalue weighted by atomic mass is 16.3. The van der Waals surface area contributed by atoms with Crippen LogP contribution in [0.4, 0.5) is 0 Å². The first kappa shape index (κ1) is 12.2. The molecule has 0 fully saturated rings. The van der Waals surface area contributed by atoms with Crippen LogP contribution in [0.15, 0.2) is 28.7 Å². The second kappa shape index (κ2) is 5.37. The summed E-state index contributed by atoms with van der Waals surface area (Å²) in [7, 11) is 0. The Balaban J connectivity index is 2.18. The maximum Gasteiger partial charge on any atom is 0.134 e. The maximum atomic E-state index is 5.79. The molecular weight excluding hydrogens is 210 g/mol. The van der Waals surface area contributed by atoms with Gasteiger partial charge in [0.2, 0.25) is 0 Å². The van der Waals surface area contributed by atoms with E-state index in [1.54, 1.807) is 0 Å². The standard InChI is InChI=1S/C15H21NO/c1-4-5-12-6-7-15-13(8-12)9-14(17-15)10-16-11(2)3/h6-9,11,16H,4-5,10H2,1-3H3. The van der Waals surface area contributed by atoms with Gasteiger partial charge in [-0.15, -0.1) is 0 Å². The van der Waals surface area contributed by atoms with Gasteiger partial charge in [0.15, 0.2) is 0 Å². The van der Waals surface area contributed by atoms with Crippen molar-refractivity contribution in [3.8, 4) is 0 Å². The average molecular weight is 231 g/mol. The summed E-state index contributed by atoms with van der Waals surface area (Å²) in [5.41, 5.74) is 2.38. The van der Waals surface area contributed by atoms with E-state index in [1.807, 2.05) is 0 Å². The molecule has 0 amide bonds. The van der Waals surface area contributed by atoms with Gasteiger partial charge in [0, 0.05) is 11.4 Å². The zero-order chi connectivity index (χ0) is 12.3. The van der Waals surface area contributed by atoms with Gasteiger partial charge in [0.25, 0.3) is 0 Å². The third-order valence-electron chi connectivity index (χ3n) is 2.85.